The minimum atomic E-state index is 0.0520. The van der Waals surface area contributed by atoms with Gasteiger partial charge in [0.2, 0.25) is 0 Å². The van der Waals surface area contributed by atoms with E-state index in [1.54, 1.807) is 0 Å². The molecule has 72 valence electrons. The molecule has 1 aliphatic carbocycles. The second kappa shape index (κ2) is 2.58. The molecule has 0 radical (unpaired) electrons. The molecular weight excluding hydrogens is 164 g/mol. The van der Waals surface area contributed by atoms with Crippen LogP contribution < -0.4 is 5.73 Å². The van der Waals surface area contributed by atoms with Crippen molar-refractivity contribution >= 4 is 0 Å². The normalized spacial score (nSPS) is 25.7. The Hall–Kier alpha value is -0.830. The Bertz CT molecular complexity index is 328. The highest BCUT2D eigenvalue weighted by Gasteiger charge is 2.33. The molecule has 2 rings (SSSR count). The summed E-state index contributed by atoms with van der Waals surface area (Å²) in [4.78, 5) is 4.31. The largest absolute Gasteiger partial charge is 0.446 e. The van der Waals surface area contributed by atoms with Crippen LogP contribution in [0.5, 0.6) is 0 Å². The summed E-state index contributed by atoms with van der Waals surface area (Å²) in [5.74, 6) is 1.72. The van der Waals surface area contributed by atoms with E-state index in [4.69, 9.17) is 10.2 Å². The lowest BCUT2D eigenvalue weighted by molar-refractivity contribution is 0.254. The zero-order chi connectivity index (χ0) is 9.64. The summed E-state index contributed by atoms with van der Waals surface area (Å²) < 4.78 is 5.52. The van der Waals surface area contributed by atoms with Crippen LogP contribution in [0.1, 0.15) is 43.7 Å². The van der Waals surface area contributed by atoms with Crippen molar-refractivity contribution in [2.24, 2.45) is 11.1 Å². The number of hydrogen-bond acceptors (Lipinski definition) is 3. The van der Waals surface area contributed by atoms with Gasteiger partial charge in [-0.05, 0) is 11.8 Å². The van der Waals surface area contributed by atoms with E-state index in [2.05, 4.69) is 18.8 Å². The quantitative estimate of drug-likeness (QED) is 0.664. The summed E-state index contributed by atoms with van der Waals surface area (Å²) in [6.07, 6.45) is 1.95. The Morgan fingerprint density at radius 1 is 1.54 bits per heavy atom. The van der Waals surface area contributed by atoms with E-state index >= 15 is 0 Å². The molecule has 0 aromatic carbocycles. The zero-order valence-corrected chi connectivity index (χ0v) is 8.42. The molecule has 0 spiro atoms. The van der Waals surface area contributed by atoms with Crippen molar-refractivity contribution < 1.29 is 4.42 Å². The minimum absolute atomic E-state index is 0.0520. The highest BCUT2D eigenvalue weighted by Crippen LogP contribution is 2.39. The first-order valence-corrected chi connectivity index (χ1v) is 4.70. The van der Waals surface area contributed by atoms with Crippen LogP contribution in [-0.2, 0) is 6.42 Å². The average molecular weight is 180 g/mol. The number of aromatic nitrogens is 1. The molecule has 0 aliphatic heterocycles. The maximum absolute atomic E-state index is 6.01. The van der Waals surface area contributed by atoms with E-state index < -0.39 is 0 Å². The van der Waals surface area contributed by atoms with Crippen molar-refractivity contribution in [3.8, 4) is 0 Å². The molecule has 1 aromatic heterocycles. The van der Waals surface area contributed by atoms with Gasteiger partial charge in [-0.1, -0.05) is 13.8 Å². The number of fused-ring (bicyclic) bond motifs is 1. The number of aryl methyl sites for hydroxylation is 1. The van der Waals surface area contributed by atoms with E-state index in [0.717, 1.165) is 30.2 Å². The lowest BCUT2D eigenvalue weighted by Crippen LogP contribution is -2.29. The van der Waals surface area contributed by atoms with Gasteiger partial charge in [0.1, 0.15) is 5.76 Å². The topological polar surface area (TPSA) is 52.0 Å². The summed E-state index contributed by atoms with van der Waals surface area (Å²) in [5, 5.41) is 0. The second-order valence-corrected chi connectivity index (χ2v) is 4.69. The summed E-state index contributed by atoms with van der Waals surface area (Å²) in [6, 6.07) is 0.0520. The molecule has 0 amide bonds. The van der Waals surface area contributed by atoms with Crippen molar-refractivity contribution in [1.82, 2.24) is 4.98 Å². The molecule has 1 aliphatic rings. The Balaban J connectivity index is 2.42. The SMILES string of the molecule is Cc1nc2c(o1)CC(C)(C)CC2N. The van der Waals surface area contributed by atoms with Crippen LogP contribution in [0.15, 0.2) is 4.42 Å². The smallest absolute Gasteiger partial charge is 0.191 e. The number of rotatable bonds is 0. The Kier molecular flexibility index (Phi) is 1.74. The van der Waals surface area contributed by atoms with Crippen molar-refractivity contribution in [3.05, 3.63) is 17.3 Å². The second-order valence-electron chi connectivity index (χ2n) is 4.69. The third kappa shape index (κ3) is 1.48. The van der Waals surface area contributed by atoms with Gasteiger partial charge in [-0.15, -0.1) is 0 Å². The number of nitrogens with two attached hydrogens (primary N) is 1. The van der Waals surface area contributed by atoms with E-state index in [1.807, 2.05) is 6.92 Å². The fourth-order valence-electron chi connectivity index (χ4n) is 2.10. The van der Waals surface area contributed by atoms with Crippen molar-refractivity contribution in [3.63, 3.8) is 0 Å². The third-order valence-corrected chi connectivity index (χ3v) is 2.60. The van der Waals surface area contributed by atoms with Crippen molar-refractivity contribution in [1.29, 1.82) is 0 Å². The Labute approximate surface area is 78.3 Å². The molecule has 1 atom stereocenters. The van der Waals surface area contributed by atoms with Crippen LogP contribution in [0.3, 0.4) is 0 Å². The van der Waals surface area contributed by atoms with E-state index in [-0.39, 0.29) is 11.5 Å². The van der Waals surface area contributed by atoms with Crippen LogP contribution in [0.2, 0.25) is 0 Å². The van der Waals surface area contributed by atoms with Gasteiger partial charge < -0.3 is 10.2 Å². The Morgan fingerprint density at radius 2 is 2.23 bits per heavy atom. The van der Waals surface area contributed by atoms with Gasteiger partial charge in [-0.3, -0.25) is 0 Å². The summed E-state index contributed by atoms with van der Waals surface area (Å²) >= 11 is 0. The van der Waals surface area contributed by atoms with Gasteiger partial charge in [-0.25, -0.2) is 4.98 Å². The summed E-state index contributed by atoms with van der Waals surface area (Å²) in [7, 11) is 0. The van der Waals surface area contributed by atoms with Crippen LogP contribution in [0.25, 0.3) is 0 Å². The molecule has 2 N–H and O–H groups in total. The molecule has 0 saturated carbocycles. The standard InChI is InChI=1S/C10H16N2O/c1-6-12-9-7(11)4-10(2,3)5-8(9)13-6/h7H,4-5,11H2,1-3H3. The van der Waals surface area contributed by atoms with E-state index in [0.29, 0.717) is 0 Å². The molecule has 3 nitrogen and oxygen atoms in total. The van der Waals surface area contributed by atoms with Gasteiger partial charge in [-0.2, -0.15) is 0 Å². The summed E-state index contributed by atoms with van der Waals surface area (Å²) in [5.41, 5.74) is 7.23. The number of nitrogens with zero attached hydrogens (tertiary/aromatic N) is 1. The van der Waals surface area contributed by atoms with E-state index in [9.17, 15) is 0 Å². The predicted octanol–water partition coefficient (Wildman–Crippen LogP) is 1.96. The van der Waals surface area contributed by atoms with Crippen LogP contribution >= 0.6 is 0 Å². The lowest BCUT2D eigenvalue weighted by Gasteiger charge is -2.31. The molecule has 13 heavy (non-hydrogen) atoms. The van der Waals surface area contributed by atoms with Gasteiger partial charge in [0.15, 0.2) is 5.89 Å². The number of oxazole rings is 1. The van der Waals surface area contributed by atoms with E-state index in [1.165, 1.54) is 0 Å². The fourth-order valence-corrected chi connectivity index (χ4v) is 2.10. The van der Waals surface area contributed by atoms with Gasteiger partial charge >= 0.3 is 0 Å². The monoisotopic (exact) mass is 180 g/mol. The zero-order valence-electron chi connectivity index (χ0n) is 8.42. The molecule has 1 unspecified atom stereocenters. The lowest BCUT2D eigenvalue weighted by atomic mass is 9.76. The predicted molar refractivity (Wildman–Crippen MR) is 50.3 cm³/mol. The third-order valence-electron chi connectivity index (χ3n) is 2.60. The molecule has 1 aromatic rings. The maximum Gasteiger partial charge on any atom is 0.191 e. The van der Waals surface area contributed by atoms with Gasteiger partial charge in [0.25, 0.3) is 0 Å². The van der Waals surface area contributed by atoms with Crippen molar-refractivity contribution in [2.75, 3.05) is 0 Å². The molecule has 0 bridgehead atoms. The first kappa shape index (κ1) is 8.75. The minimum Gasteiger partial charge on any atom is -0.446 e. The van der Waals surface area contributed by atoms with Crippen LogP contribution in [0.4, 0.5) is 0 Å². The molecule has 3 heteroatoms. The molecular formula is C10H16N2O. The van der Waals surface area contributed by atoms with Crippen LogP contribution in [-0.4, -0.2) is 4.98 Å². The maximum atomic E-state index is 6.01. The first-order valence-electron chi connectivity index (χ1n) is 4.70. The van der Waals surface area contributed by atoms with Crippen molar-refractivity contribution in [2.45, 2.75) is 39.7 Å². The molecule has 1 heterocycles. The highest BCUT2D eigenvalue weighted by atomic mass is 16.4. The Morgan fingerprint density at radius 3 is 2.92 bits per heavy atom. The first-order chi connectivity index (χ1) is 5.98. The molecule has 0 saturated heterocycles. The fraction of sp³-hybridized carbons (Fsp3) is 0.700. The van der Waals surface area contributed by atoms with Gasteiger partial charge in [0, 0.05) is 13.3 Å². The summed E-state index contributed by atoms with van der Waals surface area (Å²) in [6.45, 7) is 6.30. The number of hydrogen-bond donors (Lipinski definition) is 1. The highest BCUT2D eigenvalue weighted by molar-refractivity contribution is 5.19. The van der Waals surface area contributed by atoms with Crippen LogP contribution in [0, 0.1) is 12.3 Å². The van der Waals surface area contributed by atoms with Gasteiger partial charge in [0.05, 0.1) is 11.7 Å². The average Bonchev–Trinajstić information content (AvgIpc) is 2.27. The molecule has 0 fully saturated rings.